The van der Waals surface area contributed by atoms with Crippen molar-refractivity contribution >= 4 is 21.6 Å². The van der Waals surface area contributed by atoms with E-state index in [-0.39, 0.29) is 11.9 Å². The van der Waals surface area contributed by atoms with Crippen LogP contribution in [0.1, 0.15) is 34.8 Å². The Morgan fingerprint density at radius 2 is 1.77 bits per heavy atom. The first-order chi connectivity index (χ1) is 10.2. The minimum absolute atomic E-state index is 0.255. The number of carbonyl (C=O) groups excluding carboxylic acids is 1. The van der Waals surface area contributed by atoms with Crippen LogP contribution in [0.5, 0.6) is 0 Å². The van der Waals surface area contributed by atoms with Gasteiger partial charge in [-0.3, -0.25) is 9.52 Å². The summed E-state index contributed by atoms with van der Waals surface area (Å²) in [4.78, 5) is 12.1. The summed E-state index contributed by atoms with van der Waals surface area (Å²) in [5.41, 5.74) is 0.850. The van der Waals surface area contributed by atoms with Gasteiger partial charge in [0.1, 0.15) is 11.5 Å². The average molecular weight is 322 g/mol. The summed E-state index contributed by atoms with van der Waals surface area (Å²) in [5, 5.41) is 2.82. The Morgan fingerprint density at radius 3 is 2.27 bits per heavy atom. The summed E-state index contributed by atoms with van der Waals surface area (Å²) < 4.78 is 30.1. The second-order valence-electron chi connectivity index (χ2n) is 5.10. The maximum atomic E-state index is 12.1. The molecule has 1 aromatic carbocycles. The van der Waals surface area contributed by atoms with Gasteiger partial charge >= 0.3 is 0 Å². The number of carbonyl (C=O) groups is 1. The highest BCUT2D eigenvalue weighted by molar-refractivity contribution is 7.92. The van der Waals surface area contributed by atoms with Crippen LogP contribution in [-0.2, 0) is 10.0 Å². The van der Waals surface area contributed by atoms with Crippen molar-refractivity contribution < 1.29 is 17.6 Å². The van der Waals surface area contributed by atoms with Crippen LogP contribution in [0.25, 0.3) is 0 Å². The fourth-order valence-corrected chi connectivity index (χ4v) is 2.51. The summed E-state index contributed by atoms with van der Waals surface area (Å²) in [6.45, 7) is 3.67. The molecule has 0 spiro atoms. The lowest BCUT2D eigenvalue weighted by Crippen LogP contribution is -2.26. The number of anilines is 1. The minimum Gasteiger partial charge on any atom is -0.464 e. The van der Waals surface area contributed by atoms with E-state index in [0.717, 1.165) is 12.0 Å². The molecule has 1 heterocycles. The molecule has 1 amide bonds. The number of hydrogen-bond donors (Lipinski definition) is 2. The van der Waals surface area contributed by atoms with Crippen molar-refractivity contribution in [2.24, 2.45) is 0 Å². The highest BCUT2D eigenvalue weighted by Crippen LogP contribution is 2.17. The maximum Gasteiger partial charge on any atom is 0.251 e. The molecule has 2 N–H and O–H groups in total. The molecule has 0 fully saturated rings. The molecule has 6 nitrogen and oxygen atoms in total. The number of amides is 1. The predicted octanol–water partition coefficient (Wildman–Crippen LogP) is 2.45. The first-order valence-electron chi connectivity index (χ1n) is 6.69. The quantitative estimate of drug-likeness (QED) is 0.885. The van der Waals surface area contributed by atoms with E-state index in [0.29, 0.717) is 17.0 Å². The lowest BCUT2D eigenvalue weighted by molar-refractivity contribution is 0.0935. The van der Waals surface area contributed by atoms with Crippen LogP contribution in [0.3, 0.4) is 0 Å². The molecule has 0 saturated carbocycles. The van der Waals surface area contributed by atoms with Crippen molar-refractivity contribution in [2.45, 2.75) is 19.9 Å². The Kier molecular flexibility index (Phi) is 4.56. The Bertz CT molecular complexity index is 763. The summed E-state index contributed by atoms with van der Waals surface area (Å²) in [6.07, 6.45) is 1.07. The summed E-state index contributed by atoms with van der Waals surface area (Å²) in [6, 6.07) is 9.60. The number of hydrogen-bond acceptors (Lipinski definition) is 4. The summed E-state index contributed by atoms with van der Waals surface area (Å²) >= 11 is 0. The molecule has 0 radical (unpaired) electrons. The molecule has 0 unspecified atom stereocenters. The van der Waals surface area contributed by atoms with Crippen molar-refractivity contribution in [1.29, 1.82) is 0 Å². The standard InChI is InChI=1S/C15H18N2O4S/c1-10-4-9-14(21-10)11(2)16-15(18)12-5-7-13(8-6-12)17-22(3,19)20/h4-9,11,17H,1-3H3,(H,16,18)/t11-/m1/s1. The van der Waals surface area contributed by atoms with E-state index < -0.39 is 10.0 Å². The van der Waals surface area contributed by atoms with Crippen LogP contribution >= 0.6 is 0 Å². The van der Waals surface area contributed by atoms with Gasteiger partial charge in [0.2, 0.25) is 10.0 Å². The largest absolute Gasteiger partial charge is 0.464 e. The third kappa shape index (κ3) is 4.36. The van der Waals surface area contributed by atoms with E-state index in [9.17, 15) is 13.2 Å². The van der Waals surface area contributed by atoms with Crippen molar-refractivity contribution in [3.63, 3.8) is 0 Å². The molecule has 0 saturated heterocycles. The normalized spacial score (nSPS) is 12.7. The van der Waals surface area contributed by atoms with Crippen LogP contribution in [0, 0.1) is 6.92 Å². The molecule has 1 atom stereocenters. The Hall–Kier alpha value is -2.28. The molecule has 118 valence electrons. The smallest absolute Gasteiger partial charge is 0.251 e. The Labute approximate surface area is 129 Å². The molecule has 0 aliphatic heterocycles. The molecule has 0 bridgehead atoms. The van der Waals surface area contributed by atoms with Gasteiger partial charge in [0, 0.05) is 11.3 Å². The van der Waals surface area contributed by atoms with Crippen LogP contribution in [0.4, 0.5) is 5.69 Å². The van der Waals surface area contributed by atoms with Crippen LogP contribution in [-0.4, -0.2) is 20.6 Å². The number of benzene rings is 1. The van der Waals surface area contributed by atoms with Gasteiger partial charge in [0.15, 0.2) is 0 Å². The zero-order chi connectivity index (χ0) is 16.3. The lowest BCUT2D eigenvalue weighted by atomic mass is 10.1. The van der Waals surface area contributed by atoms with Gasteiger partial charge in [-0.1, -0.05) is 0 Å². The summed E-state index contributed by atoms with van der Waals surface area (Å²) in [7, 11) is -3.33. The second kappa shape index (κ2) is 6.23. The van der Waals surface area contributed by atoms with Crippen molar-refractivity contribution in [3.8, 4) is 0 Å². The van der Waals surface area contributed by atoms with Crippen molar-refractivity contribution in [3.05, 3.63) is 53.5 Å². The van der Waals surface area contributed by atoms with E-state index in [2.05, 4.69) is 10.0 Å². The molecule has 22 heavy (non-hydrogen) atoms. The van der Waals surface area contributed by atoms with Gasteiger partial charge < -0.3 is 9.73 Å². The van der Waals surface area contributed by atoms with Crippen LogP contribution in [0.2, 0.25) is 0 Å². The topological polar surface area (TPSA) is 88.4 Å². The first kappa shape index (κ1) is 16.1. The van der Waals surface area contributed by atoms with Crippen molar-refractivity contribution in [1.82, 2.24) is 5.32 Å². The molecule has 0 aliphatic carbocycles. The third-order valence-electron chi connectivity index (χ3n) is 2.99. The SMILES string of the molecule is Cc1ccc([C@@H](C)NC(=O)c2ccc(NS(C)(=O)=O)cc2)o1. The lowest BCUT2D eigenvalue weighted by Gasteiger charge is -2.12. The van der Waals surface area contributed by atoms with E-state index in [1.54, 1.807) is 12.1 Å². The van der Waals surface area contributed by atoms with Gasteiger partial charge in [0.25, 0.3) is 5.91 Å². The second-order valence-corrected chi connectivity index (χ2v) is 6.84. The zero-order valence-electron chi connectivity index (χ0n) is 12.6. The fourth-order valence-electron chi connectivity index (χ4n) is 1.94. The van der Waals surface area contributed by atoms with E-state index in [4.69, 9.17) is 4.42 Å². The van der Waals surface area contributed by atoms with Gasteiger partial charge in [-0.25, -0.2) is 8.42 Å². The number of aryl methyl sites for hydroxylation is 1. The van der Waals surface area contributed by atoms with Gasteiger partial charge in [-0.05, 0) is 50.2 Å². The molecule has 2 aromatic rings. The maximum absolute atomic E-state index is 12.1. The van der Waals surface area contributed by atoms with E-state index in [1.165, 1.54) is 12.1 Å². The van der Waals surface area contributed by atoms with Crippen molar-refractivity contribution in [2.75, 3.05) is 11.0 Å². The van der Waals surface area contributed by atoms with E-state index >= 15 is 0 Å². The fraction of sp³-hybridized carbons (Fsp3) is 0.267. The third-order valence-corrected chi connectivity index (χ3v) is 3.59. The number of nitrogens with one attached hydrogen (secondary N) is 2. The first-order valence-corrected chi connectivity index (χ1v) is 8.59. The van der Waals surface area contributed by atoms with Gasteiger partial charge in [-0.2, -0.15) is 0 Å². The molecule has 1 aromatic heterocycles. The molecule has 2 rings (SSSR count). The number of furan rings is 1. The van der Waals surface area contributed by atoms with Gasteiger partial charge in [0.05, 0.1) is 12.3 Å². The van der Waals surface area contributed by atoms with Gasteiger partial charge in [-0.15, -0.1) is 0 Å². The number of rotatable bonds is 5. The molecule has 7 heteroatoms. The molecular formula is C15H18N2O4S. The predicted molar refractivity (Wildman–Crippen MR) is 84.2 cm³/mol. The van der Waals surface area contributed by atoms with Crippen LogP contribution in [0.15, 0.2) is 40.8 Å². The highest BCUT2D eigenvalue weighted by Gasteiger charge is 2.14. The zero-order valence-corrected chi connectivity index (χ0v) is 13.4. The molecular weight excluding hydrogens is 304 g/mol. The highest BCUT2D eigenvalue weighted by atomic mass is 32.2. The summed E-state index contributed by atoms with van der Waals surface area (Å²) in [5.74, 6) is 1.21. The minimum atomic E-state index is -3.33. The van der Waals surface area contributed by atoms with E-state index in [1.807, 2.05) is 26.0 Å². The number of sulfonamides is 1. The Balaban J connectivity index is 2.03. The average Bonchev–Trinajstić information content (AvgIpc) is 2.84. The van der Waals surface area contributed by atoms with Crippen LogP contribution < -0.4 is 10.0 Å². The molecule has 0 aliphatic rings. The Morgan fingerprint density at radius 1 is 1.14 bits per heavy atom. The monoisotopic (exact) mass is 322 g/mol.